The molecule has 1 fully saturated rings. The van der Waals surface area contributed by atoms with Crippen LogP contribution in [-0.2, 0) is 4.79 Å². The number of aromatic nitrogens is 1. The number of carbonyl (C=O) groups excluding carboxylic acids is 1. The highest BCUT2D eigenvalue weighted by Gasteiger charge is 2.31. The maximum Gasteiger partial charge on any atom is 0.308 e. The number of nitrogens with zero attached hydrogens (tertiary/aromatic N) is 2. The second kappa shape index (κ2) is 6.48. The lowest BCUT2D eigenvalue weighted by molar-refractivity contribution is -0.141. The number of likely N-dealkylation sites (tertiary alicyclic amines) is 1. The van der Waals surface area contributed by atoms with E-state index in [1.54, 1.807) is 12.1 Å². The van der Waals surface area contributed by atoms with Crippen molar-refractivity contribution >= 4 is 11.9 Å². The van der Waals surface area contributed by atoms with Crippen LogP contribution in [0.4, 0.5) is 0 Å². The summed E-state index contributed by atoms with van der Waals surface area (Å²) in [6, 6.07) is 12.5. The Morgan fingerprint density at radius 3 is 2.65 bits per heavy atom. The van der Waals surface area contributed by atoms with Crippen LogP contribution in [0.1, 0.15) is 16.9 Å². The van der Waals surface area contributed by atoms with Gasteiger partial charge in [-0.15, -0.1) is 0 Å². The summed E-state index contributed by atoms with van der Waals surface area (Å²) in [5.41, 5.74) is 0.254. The zero-order valence-electron chi connectivity index (χ0n) is 12.4. The van der Waals surface area contributed by atoms with Crippen LogP contribution in [0.15, 0.2) is 48.7 Å². The summed E-state index contributed by atoms with van der Waals surface area (Å²) in [6.07, 6.45) is 1.98. The first kappa shape index (κ1) is 15.0. The van der Waals surface area contributed by atoms with Gasteiger partial charge in [0.1, 0.15) is 17.2 Å². The molecule has 1 aliphatic rings. The number of aliphatic carboxylic acids is 1. The quantitative estimate of drug-likeness (QED) is 0.938. The largest absolute Gasteiger partial charge is 0.481 e. The monoisotopic (exact) mass is 312 g/mol. The number of carbonyl (C=O) groups is 2. The summed E-state index contributed by atoms with van der Waals surface area (Å²) in [5, 5.41) is 9.02. The Morgan fingerprint density at radius 1 is 1.17 bits per heavy atom. The number of para-hydroxylation sites is 1. The molecule has 1 aromatic heterocycles. The Kier molecular flexibility index (Phi) is 4.23. The lowest BCUT2D eigenvalue weighted by Gasteiger charge is -2.15. The Balaban J connectivity index is 1.72. The third-order valence-electron chi connectivity index (χ3n) is 3.75. The van der Waals surface area contributed by atoms with Gasteiger partial charge < -0.3 is 14.7 Å². The van der Waals surface area contributed by atoms with E-state index in [-0.39, 0.29) is 18.1 Å². The normalized spacial score (nSPS) is 17.0. The summed E-state index contributed by atoms with van der Waals surface area (Å²) in [6.45, 7) is 0.654. The van der Waals surface area contributed by atoms with Crippen molar-refractivity contribution in [3.63, 3.8) is 0 Å². The SMILES string of the molecule is O=C(O)[C@@H]1CCN(C(=O)c2cc(Oc3ccccc3)ccn2)C1. The summed E-state index contributed by atoms with van der Waals surface area (Å²) >= 11 is 0. The predicted octanol–water partition coefficient (Wildman–Crippen LogP) is 2.42. The number of rotatable bonds is 4. The predicted molar refractivity (Wildman–Crippen MR) is 82.4 cm³/mol. The molecule has 23 heavy (non-hydrogen) atoms. The molecule has 1 saturated heterocycles. The van der Waals surface area contributed by atoms with Crippen LogP contribution in [-0.4, -0.2) is 40.0 Å². The molecule has 118 valence electrons. The van der Waals surface area contributed by atoms with E-state index in [9.17, 15) is 9.59 Å². The topological polar surface area (TPSA) is 79.7 Å². The first-order valence-corrected chi connectivity index (χ1v) is 7.34. The van der Waals surface area contributed by atoms with Gasteiger partial charge >= 0.3 is 5.97 Å². The van der Waals surface area contributed by atoms with Crippen LogP contribution in [0.2, 0.25) is 0 Å². The van der Waals surface area contributed by atoms with Crippen molar-refractivity contribution in [1.82, 2.24) is 9.88 Å². The molecule has 0 aliphatic carbocycles. The van der Waals surface area contributed by atoms with Crippen LogP contribution >= 0.6 is 0 Å². The first-order valence-electron chi connectivity index (χ1n) is 7.34. The van der Waals surface area contributed by atoms with Crippen molar-refractivity contribution in [2.45, 2.75) is 6.42 Å². The minimum Gasteiger partial charge on any atom is -0.481 e. The fourth-order valence-electron chi connectivity index (χ4n) is 2.52. The van der Waals surface area contributed by atoms with Crippen molar-refractivity contribution in [3.05, 3.63) is 54.4 Å². The number of amides is 1. The number of carboxylic acids is 1. The van der Waals surface area contributed by atoms with E-state index in [4.69, 9.17) is 9.84 Å². The van der Waals surface area contributed by atoms with Gasteiger partial charge in [-0.3, -0.25) is 14.6 Å². The van der Waals surface area contributed by atoms with Crippen molar-refractivity contribution < 1.29 is 19.4 Å². The van der Waals surface area contributed by atoms with Crippen LogP contribution in [0, 0.1) is 5.92 Å². The van der Waals surface area contributed by atoms with Crippen molar-refractivity contribution in [3.8, 4) is 11.5 Å². The minimum atomic E-state index is -0.866. The number of ether oxygens (including phenoxy) is 1. The zero-order valence-corrected chi connectivity index (χ0v) is 12.4. The fraction of sp³-hybridized carbons (Fsp3) is 0.235. The molecule has 3 rings (SSSR count). The maximum absolute atomic E-state index is 12.4. The highest BCUT2D eigenvalue weighted by Crippen LogP contribution is 2.23. The smallest absolute Gasteiger partial charge is 0.308 e. The molecule has 0 spiro atoms. The van der Waals surface area contributed by atoms with E-state index in [2.05, 4.69) is 4.98 Å². The minimum absolute atomic E-state index is 0.222. The van der Waals surface area contributed by atoms with E-state index in [1.807, 2.05) is 30.3 Å². The number of hydrogen-bond acceptors (Lipinski definition) is 4. The van der Waals surface area contributed by atoms with Gasteiger partial charge in [0.25, 0.3) is 5.91 Å². The van der Waals surface area contributed by atoms with E-state index in [0.717, 1.165) is 0 Å². The second-order valence-electron chi connectivity index (χ2n) is 5.37. The van der Waals surface area contributed by atoms with Gasteiger partial charge in [0.2, 0.25) is 0 Å². The highest BCUT2D eigenvalue weighted by atomic mass is 16.5. The van der Waals surface area contributed by atoms with Crippen LogP contribution in [0.5, 0.6) is 11.5 Å². The standard InChI is InChI=1S/C17H16N2O4/c20-16(19-9-7-12(11-19)17(21)22)15-10-14(6-8-18-15)23-13-4-2-1-3-5-13/h1-6,8,10,12H,7,9,11H2,(H,21,22)/t12-/m1/s1. The van der Waals surface area contributed by atoms with Crippen molar-refractivity contribution in [2.75, 3.05) is 13.1 Å². The first-order chi connectivity index (χ1) is 11.1. The molecule has 2 aromatic rings. The Labute approximate surface area is 133 Å². The van der Waals surface area contributed by atoms with Gasteiger partial charge in [-0.05, 0) is 24.6 Å². The molecule has 1 aliphatic heterocycles. The van der Waals surface area contributed by atoms with Crippen molar-refractivity contribution in [2.24, 2.45) is 5.92 Å². The van der Waals surface area contributed by atoms with Gasteiger partial charge in [0.05, 0.1) is 5.92 Å². The van der Waals surface area contributed by atoms with E-state index in [0.29, 0.717) is 24.5 Å². The van der Waals surface area contributed by atoms with E-state index in [1.165, 1.54) is 11.1 Å². The van der Waals surface area contributed by atoms with E-state index < -0.39 is 11.9 Å². The van der Waals surface area contributed by atoms with Crippen LogP contribution < -0.4 is 4.74 Å². The van der Waals surface area contributed by atoms with Crippen LogP contribution in [0.25, 0.3) is 0 Å². The Morgan fingerprint density at radius 2 is 1.96 bits per heavy atom. The molecule has 1 amide bonds. The number of hydrogen-bond donors (Lipinski definition) is 1. The summed E-state index contributed by atoms with van der Waals surface area (Å²) < 4.78 is 5.69. The van der Waals surface area contributed by atoms with Gasteiger partial charge in [-0.1, -0.05) is 18.2 Å². The Hall–Kier alpha value is -2.89. The molecule has 0 bridgehead atoms. The number of pyridine rings is 1. The molecule has 0 unspecified atom stereocenters. The number of carboxylic acid groups (broad SMARTS) is 1. The molecular formula is C17H16N2O4. The highest BCUT2D eigenvalue weighted by molar-refractivity contribution is 5.93. The molecule has 1 atom stereocenters. The molecule has 1 N–H and O–H groups in total. The molecule has 0 saturated carbocycles. The number of benzene rings is 1. The lowest BCUT2D eigenvalue weighted by atomic mass is 10.1. The third kappa shape index (κ3) is 3.48. The van der Waals surface area contributed by atoms with Gasteiger partial charge in [0.15, 0.2) is 0 Å². The summed E-state index contributed by atoms with van der Waals surface area (Å²) in [7, 11) is 0. The van der Waals surface area contributed by atoms with Crippen LogP contribution in [0.3, 0.4) is 0 Å². The van der Waals surface area contributed by atoms with Gasteiger partial charge in [-0.2, -0.15) is 0 Å². The van der Waals surface area contributed by atoms with Gasteiger partial charge in [-0.25, -0.2) is 0 Å². The fourth-order valence-corrected chi connectivity index (χ4v) is 2.52. The average Bonchev–Trinajstić information content (AvgIpc) is 3.06. The molecule has 2 heterocycles. The molecule has 1 aromatic carbocycles. The molecule has 6 nitrogen and oxygen atoms in total. The summed E-state index contributed by atoms with van der Waals surface area (Å²) in [4.78, 5) is 29.0. The zero-order chi connectivity index (χ0) is 16.2. The average molecular weight is 312 g/mol. The van der Waals surface area contributed by atoms with Crippen molar-refractivity contribution in [1.29, 1.82) is 0 Å². The third-order valence-corrected chi connectivity index (χ3v) is 3.75. The van der Waals surface area contributed by atoms with E-state index >= 15 is 0 Å². The molecular weight excluding hydrogens is 296 g/mol. The molecule has 0 radical (unpaired) electrons. The molecule has 6 heteroatoms. The maximum atomic E-state index is 12.4. The Bertz CT molecular complexity index is 718. The lowest BCUT2D eigenvalue weighted by Crippen LogP contribution is -2.30. The van der Waals surface area contributed by atoms with Gasteiger partial charge in [0, 0.05) is 25.4 Å². The second-order valence-corrected chi connectivity index (χ2v) is 5.37. The summed E-state index contributed by atoms with van der Waals surface area (Å²) in [5.74, 6) is -0.447.